The van der Waals surface area contributed by atoms with Crippen molar-refractivity contribution in [1.29, 1.82) is 0 Å². The van der Waals surface area contributed by atoms with Crippen molar-refractivity contribution < 1.29 is 16.1 Å². The fourth-order valence-electron chi connectivity index (χ4n) is 0.800. The lowest BCUT2D eigenvalue weighted by Crippen LogP contribution is -2.28. The van der Waals surface area contributed by atoms with Gasteiger partial charge in [0.1, 0.15) is 0 Å². The Morgan fingerprint density at radius 1 is 1.50 bits per heavy atom. The highest BCUT2D eigenvalue weighted by atomic mass is 16.3. The van der Waals surface area contributed by atoms with Gasteiger partial charge in [-0.05, 0) is 19.4 Å². The SMILES string of the molecule is [2H]C([2H])([2H])NC([2H])(C([2H])([2H])[2H])C([2H])(O)c1ccccc1. The second kappa shape index (κ2) is 4.24. The van der Waals surface area contributed by atoms with Gasteiger partial charge in [0.25, 0.3) is 0 Å². The highest BCUT2D eigenvalue weighted by Crippen LogP contribution is 2.15. The molecule has 12 heavy (non-hydrogen) atoms. The van der Waals surface area contributed by atoms with Crippen LogP contribution in [0.3, 0.4) is 0 Å². The quantitative estimate of drug-likeness (QED) is 0.722. The molecule has 1 rings (SSSR count). The van der Waals surface area contributed by atoms with Crippen molar-refractivity contribution in [2.75, 3.05) is 6.98 Å². The van der Waals surface area contributed by atoms with E-state index in [1.54, 1.807) is 11.4 Å². The van der Waals surface area contributed by atoms with Crippen molar-refractivity contribution in [3.8, 4) is 0 Å². The van der Waals surface area contributed by atoms with Crippen LogP contribution in [-0.2, 0) is 0 Å². The van der Waals surface area contributed by atoms with E-state index in [-0.39, 0.29) is 5.56 Å². The summed E-state index contributed by atoms with van der Waals surface area (Å²) in [6.07, 6.45) is -2.98. The summed E-state index contributed by atoms with van der Waals surface area (Å²) >= 11 is 0. The Bertz CT molecular complexity index is 455. The van der Waals surface area contributed by atoms with Crippen LogP contribution >= 0.6 is 0 Å². The monoisotopic (exact) mass is 173 g/mol. The molecule has 2 heteroatoms. The van der Waals surface area contributed by atoms with Gasteiger partial charge in [0.2, 0.25) is 0 Å². The standard InChI is InChI=1S/C10H15NO/c1-8(11-2)10(12)9-6-4-3-5-7-9/h3-8,10-12H,1-2H3/i1D3,2D3,8D,10D. The zero-order valence-electron chi connectivity index (χ0n) is 14.3. The van der Waals surface area contributed by atoms with Crippen LogP contribution in [0.5, 0.6) is 0 Å². The van der Waals surface area contributed by atoms with Crippen LogP contribution in [0.4, 0.5) is 0 Å². The summed E-state index contributed by atoms with van der Waals surface area (Å²) in [5.41, 5.74) is -0.192. The highest BCUT2D eigenvalue weighted by Gasteiger charge is 2.12. The summed E-state index contributed by atoms with van der Waals surface area (Å²) in [4.78, 5) is 0. The minimum atomic E-state index is -3.24. The Kier molecular flexibility index (Phi) is 1.10. The number of rotatable bonds is 3. The lowest BCUT2D eigenvalue weighted by atomic mass is 10.0. The van der Waals surface area contributed by atoms with Crippen LogP contribution in [0.1, 0.15) is 29.5 Å². The maximum absolute atomic E-state index is 10.2. The van der Waals surface area contributed by atoms with Crippen molar-refractivity contribution >= 4 is 0 Å². The Morgan fingerprint density at radius 3 is 2.83 bits per heavy atom. The first-order valence-corrected chi connectivity index (χ1v) is 3.38. The topological polar surface area (TPSA) is 32.3 Å². The normalized spacial score (nSPS) is 32.8. The van der Waals surface area contributed by atoms with Gasteiger partial charge in [-0.1, -0.05) is 30.3 Å². The molecule has 0 saturated carbocycles. The van der Waals surface area contributed by atoms with E-state index in [4.69, 9.17) is 11.0 Å². The van der Waals surface area contributed by atoms with Crippen LogP contribution in [-0.4, -0.2) is 18.1 Å². The molecule has 0 aromatic heterocycles. The Balaban J connectivity index is 3.38. The number of likely N-dealkylation sites (N-methyl/N-ethyl adjacent to an activating group) is 1. The second-order valence-electron chi connectivity index (χ2n) is 2.21. The van der Waals surface area contributed by atoms with Gasteiger partial charge in [-0.15, -0.1) is 0 Å². The summed E-state index contributed by atoms with van der Waals surface area (Å²) < 4.78 is 58.9. The molecular weight excluding hydrogens is 150 g/mol. The number of hydrogen-bond acceptors (Lipinski definition) is 2. The molecule has 0 bridgehead atoms. The molecule has 1 aromatic rings. The molecule has 0 aliphatic heterocycles. The van der Waals surface area contributed by atoms with Gasteiger partial charge >= 0.3 is 0 Å². The van der Waals surface area contributed by atoms with Gasteiger partial charge in [0, 0.05) is 15.6 Å². The zero-order chi connectivity index (χ0) is 15.8. The first-order chi connectivity index (χ1) is 8.81. The van der Waals surface area contributed by atoms with E-state index in [0.717, 1.165) is 0 Å². The van der Waals surface area contributed by atoms with Gasteiger partial charge in [-0.3, -0.25) is 0 Å². The molecule has 0 fully saturated rings. The fourth-order valence-corrected chi connectivity index (χ4v) is 0.800. The predicted molar refractivity (Wildman–Crippen MR) is 49.9 cm³/mol. The van der Waals surface area contributed by atoms with Crippen LogP contribution in [0.2, 0.25) is 0 Å². The lowest BCUT2D eigenvalue weighted by molar-refractivity contribution is 0.140. The Morgan fingerprint density at radius 2 is 2.25 bits per heavy atom. The van der Waals surface area contributed by atoms with E-state index >= 15 is 0 Å². The maximum atomic E-state index is 10.2. The number of benzene rings is 1. The van der Waals surface area contributed by atoms with E-state index in [1.165, 1.54) is 24.3 Å². The smallest absolute Gasteiger partial charge is 0.0940 e. The second-order valence-corrected chi connectivity index (χ2v) is 2.21. The molecule has 2 nitrogen and oxygen atoms in total. The van der Waals surface area contributed by atoms with Gasteiger partial charge in [-0.2, -0.15) is 0 Å². The molecule has 2 N–H and O–H groups in total. The van der Waals surface area contributed by atoms with Crippen molar-refractivity contribution in [3.05, 3.63) is 35.9 Å². The van der Waals surface area contributed by atoms with Gasteiger partial charge in [-0.25, -0.2) is 0 Å². The zero-order valence-corrected chi connectivity index (χ0v) is 6.33. The number of hydrogen-bond donors (Lipinski definition) is 2. The summed E-state index contributed by atoms with van der Waals surface area (Å²) in [6, 6.07) is 3.87. The molecule has 0 aliphatic carbocycles. The Hall–Kier alpha value is -0.860. The molecule has 2 unspecified atom stereocenters. The largest absolute Gasteiger partial charge is 0.387 e. The van der Waals surface area contributed by atoms with Crippen molar-refractivity contribution in [1.82, 2.24) is 5.32 Å². The van der Waals surface area contributed by atoms with Crippen LogP contribution in [0.15, 0.2) is 30.3 Å². The third-order valence-electron chi connectivity index (χ3n) is 1.41. The van der Waals surface area contributed by atoms with Crippen molar-refractivity contribution in [3.63, 3.8) is 0 Å². The minimum Gasteiger partial charge on any atom is -0.387 e. The van der Waals surface area contributed by atoms with Crippen molar-refractivity contribution in [2.24, 2.45) is 0 Å². The van der Waals surface area contributed by atoms with Gasteiger partial charge in [0.05, 0.1) is 7.45 Å². The van der Waals surface area contributed by atoms with Crippen LogP contribution < -0.4 is 5.32 Å². The average Bonchev–Trinajstić information content (AvgIpc) is 2.26. The summed E-state index contributed by atoms with van der Waals surface area (Å²) in [6.45, 7) is -6.24. The van der Waals surface area contributed by atoms with E-state index in [0.29, 0.717) is 0 Å². The van der Waals surface area contributed by atoms with Crippen LogP contribution in [0, 0.1) is 0 Å². The third kappa shape index (κ3) is 2.06. The van der Waals surface area contributed by atoms with E-state index in [9.17, 15) is 5.11 Å². The van der Waals surface area contributed by atoms with Gasteiger partial charge < -0.3 is 10.4 Å². The third-order valence-corrected chi connectivity index (χ3v) is 1.41. The van der Waals surface area contributed by atoms with E-state index in [2.05, 4.69) is 0 Å². The molecule has 0 radical (unpaired) electrons. The minimum absolute atomic E-state index is 0.192. The highest BCUT2D eigenvalue weighted by molar-refractivity contribution is 5.18. The fraction of sp³-hybridized carbons (Fsp3) is 0.400. The average molecular weight is 173 g/mol. The van der Waals surface area contributed by atoms with E-state index in [1.807, 2.05) is 0 Å². The molecule has 2 atom stereocenters. The van der Waals surface area contributed by atoms with Crippen molar-refractivity contribution in [2.45, 2.75) is 18.9 Å². The summed E-state index contributed by atoms with van der Waals surface area (Å²) in [5.74, 6) is 0. The first-order valence-electron chi connectivity index (χ1n) is 7.38. The van der Waals surface area contributed by atoms with Gasteiger partial charge in [0.15, 0.2) is 0 Å². The number of aliphatic hydroxyl groups is 1. The first kappa shape index (κ1) is 3.13. The molecule has 0 spiro atoms. The molecular formula is C10H15NO. The van der Waals surface area contributed by atoms with Crippen LogP contribution in [0.25, 0.3) is 0 Å². The summed E-state index contributed by atoms with van der Waals surface area (Å²) in [7, 11) is 0. The molecule has 1 aromatic carbocycles. The lowest BCUT2D eigenvalue weighted by Gasteiger charge is -2.17. The molecule has 0 amide bonds. The molecule has 66 valence electrons. The predicted octanol–water partition coefficient (Wildman–Crippen LogP) is 1.33. The molecule has 0 aliphatic rings. The maximum Gasteiger partial charge on any atom is 0.0940 e. The van der Waals surface area contributed by atoms with E-state index < -0.39 is 25.9 Å². The molecule has 0 heterocycles. The Labute approximate surface area is 84.5 Å². The summed E-state index contributed by atoms with van der Waals surface area (Å²) in [5, 5.41) is 11.8. The molecule has 0 saturated heterocycles. The number of nitrogens with one attached hydrogen (secondary N) is 1.